The molecular weight excluding hydrogens is 284 g/mol. The molecule has 0 aromatic carbocycles. The molecule has 0 unspecified atom stereocenters. The monoisotopic (exact) mass is 324 g/mol. The lowest BCUT2D eigenvalue weighted by molar-refractivity contribution is -0.134. The van der Waals surface area contributed by atoms with E-state index in [1.165, 1.54) is 109 Å². The molecule has 0 saturated carbocycles. The third-order valence-electron chi connectivity index (χ3n) is 4.43. The quantitative estimate of drug-likeness (QED) is 0.164. The molecule has 0 fully saturated rings. The van der Waals surface area contributed by atoms with Crippen LogP contribution in [-0.4, -0.2) is 13.1 Å². The summed E-state index contributed by atoms with van der Waals surface area (Å²) in [6, 6.07) is 0. The summed E-state index contributed by atoms with van der Waals surface area (Å²) in [5.41, 5.74) is 0. The van der Waals surface area contributed by atoms with Crippen molar-refractivity contribution in [3.63, 3.8) is 0 Å². The number of carbonyl (C=O) groups is 1. The third-order valence-corrected chi connectivity index (χ3v) is 4.43. The van der Waals surface area contributed by atoms with Crippen LogP contribution >= 0.6 is 0 Å². The summed E-state index contributed by atoms with van der Waals surface area (Å²) in [6.07, 6.45) is 25.3. The summed E-state index contributed by atoms with van der Waals surface area (Å²) in [6.45, 7) is 2.28. The molecule has 0 aliphatic carbocycles. The number of allylic oxidation sites excluding steroid dienone is 1. The second-order valence-corrected chi connectivity index (χ2v) is 6.66. The number of carbonyl (C=O) groups excluding carboxylic acids is 1. The first-order chi connectivity index (χ1) is 11.3. The van der Waals surface area contributed by atoms with Crippen molar-refractivity contribution in [2.45, 2.75) is 110 Å². The minimum atomic E-state index is -0.244. The summed E-state index contributed by atoms with van der Waals surface area (Å²) < 4.78 is 4.55. The van der Waals surface area contributed by atoms with Crippen LogP contribution in [0, 0.1) is 0 Å². The van der Waals surface area contributed by atoms with E-state index in [2.05, 4.69) is 11.7 Å². The van der Waals surface area contributed by atoms with E-state index in [-0.39, 0.29) is 5.97 Å². The van der Waals surface area contributed by atoms with Gasteiger partial charge in [-0.1, -0.05) is 103 Å². The van der Waals surface area contributed by atoms with E-state index in [0.29, 0.717) is 0 Å². The lowest BCUT2D eigenvalue weighted by atomic mass is 10.0. The van der Waals surface area contributed by atoms with Crippen LogP contribution in [-0.2, 0) is 9.53 Å². The third kappa shape index (κ3) is 19.2. The molecule has 2 nitrogen and oxygen atoms in total. The van der Waals surface area contributed by atoms with Crippen molar-refractivity contribution in [1.82, 2.24) is 0 Å². The van der Waals surface area contributed by atoms with Crippen molar-refractivity contribution in [1.29, 1.82) is 0 Å². The number of rotatable bonds is 17. The predicted molar refractivity (Wildman–Crippen MR) is 101 cm³/mol. The Labute approximate surface area is 145 Å². The molecule has 0 bridgehead atoms. The zero-order valence-corrected chi connectivity index (χ0v) is 15.8. The Kier molecular flexibility index (Phi) is 18.6. The summed E-state index contributed by atoms with van der Waals surface area (Å²) in [7, 11) is 1.42. The maximum Gasteiger partial charge on any atom is 0.330 e. The molecule has 0 aliphatic heterocycles. The average Bonchev–Trinajstić information content (AvgIpc) is 2.57. The van der Waals surface area contributed by atoms with Crippen LogP contribution in [0.15, 0.2) is 12.2 Å². The van der Waals surface area contributed by atoms with Crippen molar-refractivity contribution < 1.29 is 9.53 Å². The maximum absolute atomic E-state index is 10.9. The van der Waals surface area contributed by atoms with E-state index >= 15 is 0 Å². The Bertz CT molecular complexity index is 271. The number of unbranched alkanes of at least 4 members (excludes halogenated alkanes) is 15. The Hall–Kier alpha value is -0.790. The molecule has 0 N–H and O–H groups in total. The van der Waals surface area contributed by atoms with Crippen LogP contribution in [0.3, 0.4) is 0 Å². The standard InChI is InChI=1S/C21H40O2/c1-3-4-5-6-7-8-9-10-11-12-13-14-15-16-17-18-19-20-21(22)23-2/h19-20H,3-18H2,1-2H3. The second kappa shape index (κ2) is 19.3. The summed E-state index contributed by atoms with van der Waals surface area (Å²) in [5.74, 6) is -0.244. The molecule has 136 valence electrons. The van der Waals surface area contributed by atoms with Gasteiger partial charge in [-0.2, -0.15) is 0 Å². The lowest BCUT2D eigenvalue weighted by Crippen LogP contribution is -1.93. The first kappa shape index (κ1) is 22.2. The first-order valence-electron chi connectivity index (χ1n) is 10.1. The van der Waals surface area contributed by atoms with Gasteiger partial charge in [0.25, 0.3) is 0 Å². The molecule has 0 spiro atoms. The zero-order chi connectivity index (χ0) is 17.0. The first-order valence-corrected chi connectivity index (χ1v) is 10.1. The Morgan fingerprint density at radius 3 is 1.48 bits per heavy atom. The highest BCUT2D eigenvalue weighted by molar-refractivity contribution is 5.81. The van der Waals surface area contributed by atoms with E-state index < -0.39 is 0 Å². The molecule has 0 radical (unpaired) electrons. The number of esters is 1. The van der Waals surface area contributed by atoms with Gasteiger partial charge in [0.2, 0.25) is 0 Å². The molecule has 0 heterocycles. The fourth-order valence-electron chi connectivity index (χ4n) is 2.88. The van der Waals surface area contributed by atoms with Gasteiger partial charge in [0.1, 0.15) is 0 Å². The second-order valence-electron chi connectivity index (χ2n) is 6.66. The van der Waals surface area contributed by atoms with Crippen LogP contribution in [0.1, 0.15) is 110 Å². The van der Waals surface area contributed by atoms with Gasteiger partial charge in [-0.3, -0.25) is 0 Å². The number of hydrogen-bond acceptors (Lipinski definition) is 2. The molecule has 0 atom stereocenters. The van der Waals surface area contributed by atoms with Gasteiger partial charge in [0.15, 0.2) is 0 Å². The van der Waals surface area contributed by atoms with E-state index in [1.807, 2.05) is 6.08 Å². The molecule has 0 saturated heterocycles. The molecule has 0 aliphatic rings. The zero-order valence-electron chi connectivity index (χ0n) is 15.8. The smallest absolute Gasteiger partial charge is 0.330 e. The highest BCUT2D eigenvalue weighted by Gasteiger charge is 1.94. The fraction of sp³-hybridized carbons (Fsp3) is 0.857. The van der Waals surface area contributed by atoms with E-state index in [9.17, 15) is 4.79 Å². The average molecular weight is 325 g/mol. The molecule has 0 rings (SSSR count). The van der Waals surface area contributed by atoms with Crippen LogP contribution in [0.4, 0.5) is 0 Å². The number of hydrogen-bond donors (Lipinski definition) is 0. The Morgan fingerprint density at radius 1 is 0.696 bits per heavy atom. The Morgan fingerprint density at radius 2 is 1.09 bits per heavy atom. The van der Waals surface area contributed by atoms with E-state index in [4.69, 9.17) is 0 Å². The maximum atomic E-state index is 10.9. The van der Waals surface area contributed by atoms with Gasteiger partial charge in [-0.15, -0.1) is 0 Å². The van der Waals surface area contributed by atoms with Crippen molar-refractivity contribution >= 4 is 5.97 Å². The molecule has 23 heavy (non-hydrogen) atoms. The molecule has 0 aromatic rings. The SMILES string of the molecule is CCCCCCCCCCCCCCCCCC=CC(=O)OC. The fourth-order valence-corrected chi connectivity index (χ4v) is 2.88. The van der Waals surface area contributed by atoms with Gasteiger partial charge in [0, 0.05) is 6.08 Å². The van der Waals surface area contributed by atoms with Crippen LogP contribution in [0.25, 0.3) is 0 Å². The minimum Gasteiger partial charge on any atom is -0.466 e. The summed E-state index contributed by atoms with van der Waals surface area (Å²) >= 11 is 0. The van der Waals surface area contributed by atoms with Gasteiger partial charge in [-0.25, -0.2) is 4.79 Å². The van der Waals surface area contributed by atoms with Crippen molar-refractivity contribution in [2.75, 3.05) is 7.11 Å². The molecular formula is C21H40O2. The van der Waals surface area contributed by atoms with Crippen molar-refractivity contribution in [2.24, 2.45) is 0 Å². The van der Waals surface area contributed by atoms with Gasteiger partial charge < -0.3 is 4.74 Å². The highest BCUT2D eigenvalue weighted by Crippen LogP contribution is 2.13. The highest BCUT2D eigenvalue weighted by atomic mass is 16.5. The minimum absolute atomic E-state index is 0.244. The summed E-state index contributed by atoms with van der Waals surface area (Å²) in [4.78, 5) is 10.9. The largest absolute Gasteiger partial charge is 0.466 e. The number of ether oxygens (including phenoxy) is 1. The predicted octanol–water partition coefficient (Wildman–Crippen LogP) is 6.98. The van der Waals surface area contributed by atoms with Crippen LogP contribution in [0.5, 0.6) is 0 Å². The summed E-state index contributed by atoms with van der Waals surface area (Å²) in [5, 5.41) is 0. The van der Waals surface area contributed by atoms with Crippen LogP contribution in [0.2, 0.25) is 0 Å². The van der Waals surface area contributed by atoms with E-state index in [0.717, 1.165) is 6.42 Å². The molecule has 0 amide bonds. The van der Waals surface area contributed by atoms with Crippen molar-refractivity contribution in [3.8, 4) is 0 Å². The van der Waals surface area contributed by atoms with Gasteiger partial charge >= 0.3 is 5.97 Å². The topological polar surface area (TPSA) is 26.3 Å². The van der Waals surface area contributed by atoms with E-state index in [1.54, 1.807) is 0 Å². The van der Waals surface area contributed by atoms with Gasteiger partial charge in [-0.05, 0) is 12.8 Å². The number of methoxy groups -OCH3 is 1. The molecule has 0 aromatic heterocycles. The molecule has 2 heteroatoms. The Balaban J connectivity index is 3.05. The lowest BCUT2D eigenvalue weighted by Gasteiger charge is -2.03. The van der Waals surface area contributed by atoms with Crippen LogP contribution < -0.4 is 0 Å². The van der Waals surface area contributed by atoms with Gasteiger partial charge in [0.05, 0.1) is 7.11 Å². The normalized spacial score (nSPS) is 11.2. The van der Waals surface area contributed by atoms with Crippen molar-refractivity contribution in [3.05, 3.63) is 12.2 Å².